The number of hydrazine groups is 1. The van der Waals surface area contributed by atoms with Crippen LogP contribution in [0.3, 0.4) is 0 Å². The second-order valence-electron chi connectivity index (χ2n) is 6.47. The largest absolute Gasteiger partial charge is 0.366 e. The summed E-state index contributed by atoms with van der Waals surface area (Å²) in [6, 6.07) is 2.79. The van der Waals surface area contributed by atoms with E-state index in [-0.39, 0.29) is 34.6 Å². The minimum atomic E-state index is -0.673. The van der Waals surface area contributed by atoms with Crippen LogP contribution in [0, 0.1) is 5.82 Å². The molecule has 3 atom stereocenters. The molecule has 0 radical (unpaired) electrons. The van der Waals surface area contributed by atoms with E-state index in [2.05, 4.69) is 17.7 Å². The molecule has 5 nitrogen and oxygen atoms in total. The smallest absolute Gasteiger partial charge is 0.250 e. The van der Waals surface area contributed by atoms with Gasteiger partial charge in [0.05, 0.1) is 16.6 Å². The van der Waals surface area contributed by atoms with Crippen LogP contribution in [0.15, 0.2) is 36.6 Å². The number of nitrogens with two attached hydrogens (primary N) is 1. The van der Waals surface area contributed by atoms with Crippen LogP contribution in [0.5, 0.6) is 0 Å². The van der Waals surface area contributed by atoms with Crippen LogP contribution >= 0.6 is 24.0 Å². The minimum absolute atomic E-state index is 0. The van der Waals surface area contributed by atoms with Crippen molar-refractivity contribution in [2.24, 2.45) is 5.73 Å². The molecule has 0 bridgehead atoms. The standard InChI is InChI=1S/C18H22ClFN4O.ClH/c1-11-10-12(7-8-22-11)23-24-9-3-2-4-15(24)16-14(20)6-5-13(17(16)19)18(21)25;/h2-6,9,11-12,15,22-23H,7-8,10H2,1H3,(H2,21,25);1H. The summed E-state index contributed by atoms with van der Waals surface area (Å²) in [5, 5.41) is 5.31. The fraction of sp³-hybridized carbons (Fsp3) is 0.389. The molecule has 8 heteroatoms. The Balaban J connectivity index is 0.00000243. The molecule has 0 saturated carbocycles. The molecule has 1 saturated heterocycles. The van der Waals surface area contributed by atoms with Crippen LogP contribution in [-0.2, 0) is 0 Å². The van der Waals surface area contributed by atoms with Crippen molar-refractivity contribution in [2.75, 3.05) is 6.54 Å². The summed E-state index contributed by atoms with van der Waals surface area (Å²) in [6.07, 6.45) is 9.34. The third-order valence-corrected chi connectivity index (χ3v) is 5.00. The predicted molar refractivity (Wildman–Crippen MR) is 104 cm³/mol. The molecule has 142 valence electrons. The summed E-state index contributed by atoms with van der Waals surface area (Å²) >= 11 is 6.31. The van der Waals surface area contributed by atoms with E-state index in [1.165, 1.54) is 12.1 Å². The highest BCUT2D eigenvalue weighted by Gasteiger charge is 2.28. The Morgan fingerprint density at radius 3 is 2.88 bits per heavy atom. The molecule has 2 heterocycles. The average Bonchev–Trinajstić information content (AvgIpc) is 2.56. The van der Waals surface area contributed by atoms with Crippen molar-refractivity contribution < 1.29 is 9.18 Å². The second kappa shape index (κ2) is 8.86. The summed E-state index contributed by atoms with van der Waals surface area (Å²) in [5.74, 6) is -1.14. The predicted octanol–water partition coefficient (Wildman–Crippen LogP) is 3.07. The van der Waals surface area contributed by atoms with Crippen molar-refractivity contribution in [1.29, 1.82) is 0 Å². The summed E-state index contributed by atoms with van der Waals surface area (Å²) in [6.45, 7) is 3.08. The quantitative estimate of drug-likeness (QED) is 0.726. The highest BCUT2D eigenvalue weighted by atomic mass is 35.5. The number of nitrogens with one attached hydrogen (secondary N) is 2. The normalized spacial score (nSPS) is 25.0. The molecule has 1 aromatic carbocycles. The van der Waals surface area contributed by atoms with Gasteiger partial charge in [-0.1, -0.05) is 23.8 Å². The molecular weight excluding hydrogens is 378 g/mol. The maximum Gasteiger partial charge on any atom is 0.250 e. The Labute approximate surface area is 163 Å². The first-order valence-corrected chi connectivity index (χ1v) is 8.75. The van der Waals surface area contributed by atoms with Gasteiger partial charge in [-0.2, -0.15) is 0 Å². The fourth-order valence-electron chi connectivity index (χ4n) is 3.35. The maximum absolute atomic E-state index is 14.5. The van der Waals surface area contributed by atoms with Gasteiger partial charge < -0.3 is 16.1 Å². The van der Waals surface area contributed by atoms with Crippen LogP contribution < -0.4 is 16.5 Å². The van der Waals surface area contributed by atoms with E-state index in [0.29, 0.717) is 6.04 Å². The number of carbonyl (C=O) groups excluding carboxylic acids is 1. The van der Waals surface area contributed by atoms with Gasteiger partial charge in [-0.25, -0.2) is 9.82 Å². The highest BCUT2D eigenvalue weighted by molar-refractivity contribution is 6.34. The molecule has 3 unspecified atom stereocenters. The van der Waals surface area contributed by atoms with Gasteiger partial charge in [0, 0.05) is 23.8 Å². The van der Waals surface area contributed by atoms with Crippen molar-refractivity contribution in [3.8, 4) is 0 Å². The number of halogens is 3. The van der Waals surface area contributed by atoms with Crippen molar-refractivity contribution in [2.45, 2.75) is 37.9 Å². The van der Waals surface area contributed by atoms with E-state index in [1.807, 2.05) is 29.4 Å². The highest BCUT2D eigenvalue weighted by Crippen LogP contribution is 2.34. The zero-order valence-electron chi connectivity index (χ0n) is 14.4. The van der Waals surface area contributed by atoms with Gasteiger partial charge in [0.15, 0.2) is 0 Å². The Morgan fingerprint density at radius 2 is 2.19 bits per heavy atom. The third-order valence-electron chi connectivity index (χ3n) is 4.59. The fourth-order valence-corrected chi connectivity index (χ4v) is 3.70. The Kier molecular flexibility index (Phi) is 7.06. The number of rotatable bonds is 4. The molecule has 2 aliphatic heterocycles. The van der Waals surface area contributed by atoms with E-state index in [1.54, 1.807) is 0 Å². The van der Waals surface area contributed by atoms with E-state index >= 15 is 0 Å². The number of primary amides is 1. The lowest BCUT2D eigenvalue weighted by atomic mass is 9.99. The van der Waals surface area contributed by atoms with Gasteiger partial charge in [-0.05, 0) is 44.5 Å². The number of benzene rings is 1. The van der Waals surface area contributed by atoms with Crippen molar-refractivity contribution >= 4 is 29.9 Å². The zero-order chi connectivity index (χ0) is 18.0. The van der Waals surface area contributed by atoms with E-state index < -0.39 is 17.8 Å². The first kappa shape index (κ1) is 20.7. The topological polar surface area (TPSA) is 70.4 Å². The summed E-state index contributed by atoms with van der Waals surface area (Å²) in [5.41, 5.74) is 9.17. The lowest BCUT2D eigenvalue weighted by Crippen LogP contribution is -2.50. The lowest BCUT2D eigenvalue weighted by Gasteiger charge is -2.38. The molecular formula is C18H23Cl2FN4O. The van der Waals surface area contributed by atoms with Crippen molar-refractivity contribution in [3.63, 3.8) is 0 Å². The zero-order valence-corrected chi connectivity index (χ0v) is 16.0. The van der Waals surface area contributed by atoms with Crippen molar-refractivity contribution in [1.82, 2.24) is 15.8 Å². The van der Waals surface area contributed by atoms with Gasteiger partial charge in [0.25, 0.3) is 0 Å². The monoisotopic (exact) mass is 400 g/mol. The van der Waals surface area contributed by atoms with Crippen LogP contribution in [0.25, 0.3) is 0 Å². The van der Waals surface area contributed by atoms with Crippen molar-refractivity contribution in [3.05, 3.63) is 58.5 Å². The first-order chi connectivity index (χ1) is 12.0. The molecule has 4 N–H and O–H groups in total. The maximum atomic E-state index is 14.5. The Morgan fingerprint density at radius 1 is 1.42 bits per heavy atom. The van der Waals surface area contributed by atoms with E-state index in [9.17, 15) is 9.18 Å². The molecule has 0 aliphatic carbocycles. The Bertz CT molecular complexity index is 725. The number of hydrogen-bond acceptors (Lipinski definition) is 4. The first-order valence-electron chi connectivity index (χ1n) is 8.38. The van der Waals surface area contributed by atoms with Gasteiger partial charge in [-0.3, -0.25) is 4.79 Å². The molecule has 3 rings (SSSR count). The number of carbonyl (C=O) groups is 1. The van der Waals surface area contributed by atoms with Gasteiger partial charge in [-0.15, -0.1) is 12.4 Å². The molecule has 0 spiro atoms. The summed E-state index contributed by atoms with van der Waals surface area (Å²) in [4.78, 5) is 11.5. The Hall–Kier alpha value is -1.60. The average molecular weight is 401 g/mol. The van der Waals surface area contributed by atoms with E-state index in [4.69, 9.17) is 17.3 Å². The van der Waals surface area contributed by atoms with Gasteiger partial charge in [0.1, 0.15) is 5.82 Å². The molecule has 1 aromatic rings. The lowest BCUT2D eigenvalue weighted by molar-refractivity contribution is 0.1000. The molecule has 1 amide bonds. The second-order valence-corrected chi connectivity index (χ2v) is 6.85. The molecule has 1 fully saturated rings. The minimum Gasteiger partial charge on any atom is -0.366 e. The van der Waals surface area contributed by atoms with Gasteiger partial charge >= 0.3 is 0 Å². The number of allylic oxidation sites excluding steroid dienone is 2. The van der Waals surface area contributed by atoms with E-state index in [0.717, 1.165) is 19.4 Å². The molecule has 0 aromatic heterocycles. The summed E-state index contributed by atoms with van der Waals surface area (Å²) in [7, 11) is 0. The SMILES string of the molecule is CC1CC(NN2C=CC=CC2c2c(F)ccc(C(N)=O)c2Cl)CCN1.Cl. The van der Waals surface area contributed by atoms with Crippen LogP contribution in [0.2, 0.25) is 5.02 Å². The number of hydrogen-bond donors (Lipinski definition) is 3. The van der Waals surface area contributed by atoms with Gasteiger partial charge in [0.2, 0.25) is 5.91 Å². The van der Waals surface area contributed by atoms with Crippen LogP contribution in [0.4, 0.5) is 4.39 Å². The number of piperidine rings is 1. The third kappa shape index (κ3) is 4.38. The van der Waals surface area contributed by atoms with Crippen LogP contribution in [-0.4, -0.2) is 29.5 Å². The van der Waals surface area contributed by atoms with Crippen LogP contribution in [0.1, 0.15) is 41.7 Å². The molecule has 2 aliphatic rings. The molecule has 26 heavy (non-hydrogen) atoms. The summed E-state index contributed by atoms with van der Waals surface area (Å²) < 4.78 is 14.5. The number of nitrogens with zero attached hydrogens (tertiary/aromatic N) is 1. The number of amides is 1.